The first-order valence-electron chi connectivity index (χ1n) is 18.7. The quantitative estimate of drug-likeness (QED) is 0.0342. The van der Waals surface area contributed by atoms with Gasteiger partial charge in [-0.3, -0.25) is 39.6 Å². The molecule has 2 atom stereocenters. The Labute approximate surface area is 348 Å². The van der Waals surface area contributed by atoms with Crippen LogP contribution in [0.1, 0.15) is 44.7 Å². The second-order valence-corrected chi connectivity index (χ2v) is 15.7. The number of nitrogens with zero attached hydrogens (tertiary/aromatic N) is 1. The van der Waals surface area contributed by atoms with Crippen LogP contribution in [0.3, 0.4) is 0 Å². The second kappa shape index (κ2) is 27.7. The smallest absolute Gasteiger partial charge is 0.410 e. The Morgan fingerprint density at radius 2 is 0.983 bits per heavy atom. The molecule has 0 aliphatic heterocycles. The van der Waals surface area contributed by atoms with E-state index in [0.29, 0.717) is 25.7 Å². The number of carbonyl (C=O) groups is 7. The highest BCUT2D eigenvalue weighted by molar-refractivity contribution is 8.00. The molecule has 0 fully saturated rings. The number of rotatable bonds is 26. The van der Waals surface area contributed by atoms with Crippen LogP contribution < -0.4 is 32.3 Å². The van der Waals surface area contributed by atoms with Crippen LogP contribution in [0.2, 0.25) is 0 Å². The summed E-state index contributed by atoms with van der Waals surface area (Å²) in [6.07, 6.45) is 0.968. The molecule has 0 heterocycles. The highest BCUT2D eigenvalue weighted by Gasteiger charge is 2.23. The van der Waals surface area contributed by atoms with Crippen molar-refractivity contribution in [3.63, 3.8) is 0 Å². The van der Waals surface area contributed by atoms with Crippen LogP contribution in [0, 0.1) is 0 Å². The first kappa shape index (κ1) is 49.3. The van der Waals surface area contributed by atoms with Crippen molar-refractivity contribution >= 4 is 65.2 Å². The number of thioether (sulfide) groups is 2. The summed E-state index contributed by atoms with van der Waals surface area (Å²) in [5.41, 5.74) is 11.5. The molecular weight excluding hydrogens is 791 g/mol. The van der Waals surface area contributed by atoms with Gasteiger partial charge in [0.05, 0.1) is 37.2 Å². The van der Waals surface area contributed by atoms with Crippen molar-refractivity contribution in [2.24, 2.45) is 0 Å². The minimum absolute atomic E-state index is 0.0252. The number of nitrogens with one attached hydrogen (secondary N) is 6. The van der Waals surface area contributed by atoms with E-state index >= 15 is 0 Å². The summed E-state index contributed by atoms with van der Waals surface area (Å²) in [7, 11) is 2.54. The lowest BCUT2D eigenvalue weighted by Crippen LogP contribution is -2.50. The number of hydrogen-bond donors (Lipinski definition) is 6. The molecule has 320 valence electrons. The summed E-state index contributed by atoms with van der Waals surface area (Å²) in [5, 5.41) is 5.56. The highest BCUT2D eigenvalue weighted by atomic mass is 32.2. The van der Waals surface area contributed by atoms with Crippen LogP contribution in [0.4, 0.5) is 4.79 Å². The number of methoxy groups -OCH3 is 2. The molecule has 2 rings (SSSR count). The molecule has 0 unspecified atom stereocenters. The third-order valence-corrected chi connectivity index (χ3v) is 9.61. The Hall–Kier alpha value is -4.85. The van der Waals surface area contributed by atoms with Gasteiger partial charge in [-0.1, -0.05) is 60.7 Å². The third-order valence-electron chi connectivity index (χ3n) is 7.75. The minimum atomic E-state index is -0.787. The molecule has 5 amide bonds. The standard InChI is InChI=1S/C39H57N7O10S2/c1-39(2,3)56-38(53)46(20-12-18-40-32(47)24-57-26-34(49)44-42-30(36(51)54-4)22-28-14-8-6-9-15-28)21-13-19-41-33(48)25-58-27-35(50)45-43-31(37(52)55-5)23-29-16-10-7-11-17-29/h6-11,14-17,30-31,42-43H,12-13,18-27H2,1-5H3,(H,40,47)(H,41,48)(H,44,49)(H,45,50)/t30-,31-/m0/s1. The molecule has 0 saturated heterocycles. The van der Waals surface area contributed by atoms with E-state index in [1.54, 1.807) is 20.8 Å². The van der Waals surface area contributed by atoms with Gasteiger partial charge in [-0.15, -0.1) is 23.5 Å². The largest absolute Gasteiger partial charge is 0.468 e. The number of benzene rings is 2. The summed E-state index contributed by atoms with van der Waals surface area (Å²) in [6, 6.07) is 17.0. The van der Waals surface area contributed by atoms with E-state index in [4.69, 9.17) is 14.2 Å². The SMILES string of the molecule is COC(=O)[C@H](Cc1ccccc1)NNC(=O)CSCC(=O)NCCCN(CCCNC(=O)CSCC(=O)NN[C@@H](Cc1ccccc1)C(=O)OC)C(=O)OC(C)(C)C. The maximum atomic E-state index is 12.9. The molecule has 0 aromatic heterocycles. The molecular formula is C39H57N7O10S2. The monoisotopic (exact) mass is 847 g/mol. The van der Waals surface area contributed by atoms with E-state index in [0.717, 1.165) is 34.7 Å². The Kier molecular flexibility index (Phi) is 23.6. The van der Waals surface area contributed by atoms with Crippen molar-refractivity contribution in [3.8, 4) is 0 Å². The van der Waals surface area contributed by atoms with Gasteiger partial charge in [-0.05, 0) is 44.7 Å². The van der Waals surface area contributed by atoms with Crippen LogP contribution in [0.15, 0.2) is 60.7 Å². The molecule has 0 spiro atoms. The summed E-state index contributed by atoms with van der Waals surface area (Å²) in [4.78, 5) is 88.2. The van der Waals surface area contributed by atoms with E-state index in [1.165, 1.54) is 19.1 Å². The molecule has 2 aromatic rings. The topological polar surface area (TPSA) is 223 Å². The van der Waals surface area contributed by atoms with E-state index in [9.17, 15) is 33.6 Å². The van der Waals surface area contributed by atoms with Gasteiger partial charge in [-0.2, -0.15) is 0 Å². The van der Waals surface area contributed by atoms with Crippen molar-refractivity contribution in [3.05, 3.63) is 71.8 Å². The predicted octanol–water partition coefficient (Wildman–Crippen LogP) is 1.51. The lowest BCUT2D eigenvalue weighted by Gasteiger charge is -2.27. The number of hydrogen-bond acceptors (Lipinski definition) is 14. The first-order valence-corrected chi connectivity index (χ1v) is 21.0. The van der Waals surface area contributed by atoms with Gasteiger partial charge in [0, 0.05) is 39.0 Å². The summed E-state index contributed by atoms with van der Waals surface area (Å²) in [6.45, 7) is 6.41. The second-order valence-electron chi connectivity index (χ2n) is 13.8. The van der Waals surface area contributed by atoms with E-state index in [-0.39, 0.29) is 61.0 Å². The van der Waals surface area contributed by atoms with Gasteiger partial charge < -0.3 is 29.7 Å². The Morgan fingerprint density at radius 1 is 0.603 bits per heavy atom. The van der Waals surface area contributed by atoms with Crippen molar-refractivity contribution in [2.45, 2.75) is 64.1 Å². The highest BCUT2D eigenvalue weighted by Crippen LogP contribution is 2.11. The molecule has 19 heteroatoms. The van der Waals surface area contributed by atoms with E-state index < -0.39 is 47.5 Å². The van der Waals surface area contributed by atoms with Crippen LogP contribution in [0.5, 0.6) is 0 Å². The van der Waals surface area contributed by atoms with Gasteiger partial charge in [-0.25, -0.2) is 15.6 Å². The zero-order valence-electron chi connectivity index (χ0n) is 33.8. The Balaban J connectivity index is 1.66. The zero-order chi connectivity index (χ0) is 42.8. The van der Waals surface area contributed by atoms with Gasteiger partial charge in [0.15, 0.2) is 0 Å². The fourth-order valence-electron chi connectivity index (χ4n) is 4.97. The molecule has 0 aliphatic carbocycles. The molecule has 17 nitrogen and oxygen atoms in total. The summed E-state index contributed by atoms with van der Waals surface area (Å²) < 4.78 is 15.2. The van der Waals surface area contributed by atoms with Gasteiger partial charge in [0.25, 0.3) is 0 Å². The molecule has 6 N–H and O–H groups in total. The fraction of sp³-hybridized carbons (Fsp3) is 0.513. The molecule has 0 bridgehead atoms. The third kappa shape index (κ3) is 22.2. The average molecular weight is 848 g/mol. The van der Waals surface area contributed by atoms with Crippen LogP contribution >= 0.6 is 23.5 Å². The van der Waals surface area contributed by atoms with Crippen LogP contribution in [0.25, 0.3) is 0 Å². The summed E-state index contributed by atoms with van der Waals surface area (Å²) >= 11 is 2.21. The maximum Gasteiger partial charge on any atom is 0.410 e. The molecule has 58 heavy (non-hydrogen) atoms. The molecule has 0 radical (unpaired) electrons. The Bertz CT molecular complexity index is 1500. The summed E-state index contributed by atoms with van der Waals surface area (Å²) in [5.74, 6) is -2.44. The number of amides is 5. The van der Waals surface area contributed by atoms with Gasteiger partial charge >= 0.3 is 18.0 Å². The molecule has 0 aliphatic rings. The number of hydrazine groups is 2. The van der Waals surface area contributed by atoms with E-state index in [2.05, 4.69) is 32.3 Å². The Morgan fingerprint density at radius 3 is 1.34 bits per heavy atom. The van der Waals surface area contributed by atoms with Gasteiger partial charge in [0.2, 0.25) is 23.6 Å². The molecule has 0 saturated carbocycles. The van der Waals surface area contributed by atoms with Crippen molar-refractivity contribution in [2.75, 3.05) is 63.4 Å². The number of ether oxygens (including phenoxy) is 3. The predicted molar refractivity (Wildman–Crippen MR) is 222 cm³/mol. The zero-order valence-corrected chi connectivity index (χ0v) is 35.4. The first-order chi connectivity index (χ1) is 27.7. The van der Waals surface area contributed by atoms with Crippen LogP contribution in [-0.4, -0.2) is 128 Å². The van der Waals surface area contributed by atoms with E-state index in [1.807, 2.05) is 60.7 Å². The van der Waals surface area contributed by atoms with Crippen molar-refractivity contribution in [1.29, 1.82) is 0 Å². The van der Waals surface area contributed by atoms with Gasteiger partial charge in [0.1, 0.15) is 17.7 Å². The normalized spacial score (nSPS) is 11.9. The number of carbonyl (C=O) groups excluding carboxylic acids is 7. The molecule has 2 aromatic carbocycles. The van der Waals surface area contributed by atoms with Crippen LogP contribution in [-0.2, 0) is 55.8 Å². The van der Waals surface area contributed by atoms with Crippen molar-refractivity contribution < 1.29 is 47.8 Å². The average Bonchev–Trinajstić information content (AvgIpc) is 3.19. The maximum absolute atomic E-state index is 12.9. The van der Waals surface area contributed by atoms with Crippen molar-refractivity contribution in [1.82, 2.24) is 37.2 Å². The number of esters is 2. The lowest BCUT2D eigenvalue weighted by atomic mass is 10.1. The lowest BCUT2D eigenvalue weighted by molar-refractivity contribution is -0.144. The minimum Gasteiger partial charge on any atom is -0.468 e. The fourth-order valence-corrected chi connectivity index (χ4v) is 6.26.